The third kappa shape index (κ3) is 51.0. The number of hydrogen-bond acceptors (Lipinski definition) is 4. The summed E-state index contributed by atoms with van der Waals surface area (Å²) in [4.78, 5) is 12.6. The topological polar surface area (TPSA) is 89.8 Å². The van der Waals surface area contributed by atoms with Crippen molar-refractivity contribution in [3.8, 4) is 0 Å². The standard InChI is InChI=1S/C61H121NO4/c1-3-5-7-9-11-13-15-17-19-21-23-25-26-27-28-29-30-31-32-33-34-35-36-38-40-42-44-46-48-50-52-54-56-60(65)61(66)62-58(57-63)59(64)55-53-51-49-47-45-43-41-39-37-24-22-20-18-16-14-12-10-8-6-4-2/h27-28,58-60,63-65H,3-26,29-57H2,1-2H3,(H,62,66)/b28-27-. The molecule has 3 unspecified atom stereocenters. The third-order valence-corrected chi connectivity index (χ3v) is 14.6. The van der Waals surface area contributed by atoms with E-state index in [1.54, 1.807) is 0 Å². The molecule has 5 heteroatoms. The molecule has 0 fully saturated rings. The molecule has 5 nitrogen and oxygen atoms in total. The van der Waals surface area contributed by atoms with Crippen LogP contribution in [0.1, 0.15) is 348 Å². The van der Waals surface area contributed by atoms with Crippen molar-refractivity contribution in [3.05, 3.63) is 12.2 Å². The van der Waals surface area contributed by atoms with Gasteiger partial charge in [-0.2, -0.15) is 0 Å². The molecule has 3 atom stereocenters. The molecule has 0 aromatic carbocycles. The number of aliphatic hydroxyl groups excluding tert-OH is 3. The van der Waals surface area contributed by atoms with Crippen LogP contribution >= 0.6 is 0 Å². The van der Waals surface area contributed by atoms with E-state index in [0.717, 1.165) is 32.1 Å². The van der Waals surface area contributed by atoms with E-state index in [9.17, 15) is 20.1 Å². The van der Waals surface area contributed by atoms with Crippen LogP contribution in [-0.2, 0) is 4.79 Å². The Morgan fingerprint density at radius 1 is 0.348 bits per heavy atom. The van der Waals surface area contributed by atoms with Gasteiger partial charge in [0.25, 0.3) is 0 Å². The highest BCUT2D eigenvalue weighted by Gasteiger charge is 2.23. The molecule has 0 radical (unpaired) electrons. The zero-order chi connectivity index (χ0) is 47.9. The van der Waals surface area contributed by atoms with Gasteiger partial charge in [-0.3, -0.25) is 4.79 Å². The van der Waals surface area contributed by atoms with E-state index < -0.39 is 24.2 Å². The van der Waals surface area contributed by atoms with Gasteiger partial charge >= 0.3 is 0 Å². The molecule has 0 aromatic heterocycles. The van der Waals surface area contributed by atoms with E-state index in [1.807, 2.05) is 0 Å². The van der Waals surface area contributed by atoms with E-state index in [1.165, 1.54) is 289 Å². The Kier molecular flexibility index (Phi) is 55.9. The lowest BCUT2D eigenvalue weighted by atomic mass is 10.0. The lowest BCUT2D eigenvalue weighted by molar-refractivity contribution is -0.131. The Bertz CT molecular complexity index is 940. The van der Waals surface area contributed by atoms with Crippen LogP contribution < -0.4 is 5.32 Å². The van der Waals surface area contributed by atoms with Crippen molar-refractivity contribution >= 4 is 5.91 Å². The number of unbranched alkanes of at least 4 members (excludes halogenated alkanes) is 47. The first kappa shape index (κ1) is 65.1. The van der Waals surface area contributed by atoms with Gasteiger partial charge in [0.05, 0.1) is 18.8 Å². The maximum Gasteiger partial charge on any atom is 0.249 e. The molecule has 0 spiro atoms. The molecule has 0 aliphatic carbocycles. The lowest BCUT2D eigenvalue weighted by Crippen LogP contribution is -2.49. The highest BCUT2D eigenvalue weighted by molar-refractivity contribution is 5.80. The van der Waals surface area contributed by atoms with E-state index >= 15 is 0 Å². The number of aliphatic hydroxyl groups is 3. The summed E-state index contributed by atoms with van der Waals surface area (Å²) in [6.45, 7) is 4.28. The highest BCUT2D eigenvalue weighted by atomic mass is 16.3. The van der Waals surface area contributed by atoms with E-state index in [2.05, 4.69) is 31.3 Å². The Morgan fingerprint density at radius 3 is 0.833 bits per heavy atom. The van der Waals surface area contributed by atoms with Gasteiger partial charge in [0, 0.05) is 0 Å². The molecule has 0 heterocycles. The molecule has 4 N–H and O–H groups in total. The second-order valence-corrected chi connectivity index (χ2v) is 21.3. The molecule has 394 valence electrons. The van der Waals surface area contributed by atoms with Gasteiger partial charge < -0.3 is 20.6 Å². The molecule has 0 aliphatic heterocycles. The molecule has 66 heavy (non-hydrogen) atoms. The highest BCUT2D eigenvalue weighted by Crippen LogP contribution is 2.19. The van der Waals surface area contributed by atoms with Crippen LogP contribution in [0.25, 0.3) is 0 Å². The summed E-state index contributed by atoms with van der Waals surface area (Å²) in [7, 11) is 0. The average molecular weight is 933 g/mol. The van der Waals surface area contributed by atoms with Crippen molar-refractivity contribution in [3.63, 3.8) is 0 Å². The fourth-order valence-electron chi connectivity index (χ4n) is 9.90. The largest absolute Gasteiger partial charge is 0.394 e. The SMILES string of the molecule is CCCCCCCCCCCCCC/C=C\CCCCCCCCCCCCCCCCCCC(O)C(=O)NC(CO)C(O)CCCCCCCCCCCCCCCCCCCCCC. The van der Waals surface area contributed by atoms with Crippen LogP contribution in [0.4, 0.5) is 0 Å². The molecular formula is C61H121NO4. The quantitative estimate of drug-likeness (QED) is 0.0361. The normalized spacial score (nSPS) is 13.2. The van der Waals surface area contributed by atoms with Gasteiger partial charge in [-0.15, -0.1) is 0 Å². The monoisotopic (exact) mass is 932 g/mol. The number of allylic oxidation sites excluding steroid dienone is 2. The summed E-state index contributed by atoms with van der Waals surface area (Å²) in [5.41, 5.74) is 0. The summed E-state index contributed by atoms with van der Waals surface area (Å²) in [6.07, 6.45) is 71.4. The first-order valence-corrected chi connectivity index (χ1v) is 30.5. The molecule has 0 aliphatic rings. The predicted octanol–water partition coefficient (Wildman–Crippen LogP) is 19.1. The predicted molar refractivity (Wildman–Crippen MR) is 292 cm³/mol. The van der Waals surface area contributed by atoms with Crippen LogP contribution in [0, 0.1) is 0 Å². The van der Waals surface area contributed by atoms with Gasteiger partial charge in [0.1, 0.15) is 6.10 Å². The number of carbonyl (C=O) groups is 1. The van der Waals surface area contributed by atoms with Gasteiger partial charge in [-0.1, -0.05) is 321 Å². The maximum absolute atomic E-state index is 12.6. The van der Waals surface area contributed by atoms with Gasteiger partial charge in [0.15, 0.2) is 0 Å². The van der Waals surface area contributed by atoms with Gasteiger partial charge in [-0.25, -0.2) is 0 Å². The van der Waals surface area contributed by atoms with Crippen molar-refractivity contribution in [2.45, 2.75) is 366 Å². The minimum Gasteiger partial charge on any atom is -0.394 e. The first-order chi connectivity index (χ1) is 32.6. The summed E-state index contributed by atoms with van der Waals surface area (Å²) in [6, 6.07) is -0.710. The van der Waals surface area contributed by atoms with Crippen molar-refractivity contribution in [1.82, 2.24) is 5.32 Å². The van der Waals surface area contributed by atoms with Gasteiger partial charge in [0.2, 0.25) is 5.91 Å². The summed E-state index contributed by atoms with van der Waals surface area (Å²) >= 11 is 0. The molecule has 0 saturated carbocycles. The van der Waals surface area contributed by atoms with E-state index in [0.29, 0.717) is 12.8 Å². The number of carbonyl (C=O) groups excluding carboxylic acids is 1. The van der Waals surface area contributed by atoms with Crippen LogP contribution in [0.5, 0.6) is 0 Å². The Hall–Kier alpha value is -0.910. The van der Waals surface area contributed by atoms with Crippen LogP contribution in [0.3, 0.4) is 0 Å². The summed E-state index contributed by atoms with van der Waals surface area (Å²) < 4.78 is 0. The Labute approximate surface area is 414 Å². The average Bonchev–Trinajstić information content (AvgIpc) is 3.32. The second-order valence-electron chi connectivity index (χ2n) is 21.3. The second kappa shape index (κ2) is 56.7. The van der Waals surface area contributed by atoms with Gasteiger partial charge in [-0.05, 0) is 38.5 Å². The lowest BCUT2D eigenvalue weighted by Gasteiger charge is -2.23. The summed E-state index contributed by atoms with van der Waals surface area (Å²) in [5.74, 6) is -0.463. The van der Waals surface area contributed by atoms with Crippen LogP contribution in [0.2, 0.25) is 0 Å². The van der Waals surface area contributed by atoms with Crippen molar-refractivity contribution in [2.24, 2.45) is 0 Å². The van der Waals surface area contributed by atoms with Crippen molar-refractivity contribution in [2.75, 3.05) is 6.61 Å². The fraction of sp³-hybridized carbons (Fsp3) is 0.951. The van der Waals surface area contributed by atoms with Crippen LogP contribution in [0.15, 0.2) is 12.2 Å². The molecule has 0 aromatic rings. The molecule has 0 bridgehead atoms. The van der Waals surface area contributed by atoms with Crippen molar-refractivity contribution < 1.29 is 20.1 Å². The van der Waals surface area contributed by atoms with Crippen LogP contribution in [-0.4, -0.2) is 46.1 Å². The first-order valence-electron chi connectivity index (χ1n) is 30.5. The summed E-state index contributed by atoms with van der Waals surface area (Å²) in [5, 5.41) is 33.6. The minimum atomic E-state index is -1.07. The van der Waals surface area contributed by atoms with E-state index in [4.69, 9.17) is 0 Å². The molecule has 0 rings (SSSR count). The number of rotatable bonds is 57. The third-order valence-electron chi connectivity index (χ3n) is 14.6. The fourth-order valence-corrected chi connectivity index (χ4v) is 9.90. The number of hydrogen-bond donors (Lipinski definition) is 4. The number of amides is 1. The van der Waals surface area contributed by atoms with Crippen molar-refractivity contribution in [1.29, 1.82) is 0 Å². The van der Waals surface area contributed by atoms with E-state index in [-0.39, 0.29) is 6.61 Å². The zero-order valence-corrected chi connectivity index (χ0v) is 45.1. The zero-order valence-electron chi connectivity index (χ0n) is 45.1. The number of nitrogens with one attached hydrogen (secondary N) is 1. The smallest absolute Gasteiger partial charge is 0.249 e. The molecular weight excluding hydrogens is 811 g/mol. The maximum atomic E-state index is 12.6. The Morgan fingerprint density at radius 2 is 0.576 bits per heavy atom. The minimum absolute atomic E-state index is 0.309. The Balaban J connectivity index is 3.47. The molecule has 1 amide bonds. The molecule has 0 saturated heterocycles.